The van der Waals surface area contributed by atoms with Gasteiger partial charge in [0, 0.05) is 6.04 Å². The molecule has 0 rings (SSSR count). The molecular formula is C15H27N5O5. The number of Topliss-reactive ketones (excluding diaryl/α,β-unsaturated/α-hetero) is 1. The molecule has 0 aromatic carbocycles. The number of hydrogen-bond donors (Lipinski definition) is 5. The summed E-state index contributed by atoms with van der Waals surface area (Å²) < 4.78 is 0. The lowest BCUT2D eigenvalue weighted by Crippen LogP contribution is -2.47. The zero-order chi connectivity index (χ0) is 19.4. The third-order valence-corrected chi connectivity index (χ3v) is 3.00. The van der Waals surface area contributed by atoms with Gasteiger partial charge in [0.05, 0.1) is 32.2 Å². The Morgan fingerprint density at radius 1 is 0.680 bits per heavy atom. The van der Waals surface area contributed by atoms with Crippen molar-refractivity contribution in [3.8, 4) is 0 Å². The fraction of sp³-hybridized carbons (Fsp3) is 0.667. The number of carbonyl (C=O) groups excluding carboxylic acids is 5. The predicted octanol–water partition coefficient (Wildman–Crippen LogP) is -2.57. The van der Waals surface area contributed by atoms with Crippen LogP contribution >= 0.6 is 0 Å². The van der Waals surface area contributed by atoms with Crippen molar-refractivity contribution in [1.82, 2.24) is 26.6 Å². The van der Waals surface area contributed by atoms with E-state index in [4.69, 9.17) is 0 Å². The minimum absolute atomic E-state index is 0.0965. The molecule has 0 radical (unpaired) electrons. The second-order valence-corrected chi connectivity index (χ2v) is 5.77. The molecule has 25 heavy (non-hydrogen) atoms. The Morgan fingerprint density at radius 3 is 1.48 bits per heavy atom. The van der Waals surface area contributed by atoms with Gasteiger partial charge in [-0.25, -0.2) is 0 Å². The summed E-state index contributed by atoms with van der Waals surface area (Å²) in [5.74, 6) is -2.12. The predicted molar refractivity (Wildman–Crippen MR) is 90.5 cm³/mol. The van der Waals surface area contributed by atoms with Crippen molar-refractivity contribution in [2.45, 2.75) is 39.8 Å². The molecule has 0 heterocycles. The summed E-state index contributed by atoms with van der Waals surface area (Å²) in [6, 6.07) is -0.475. The second-order valence-electron chi connectivity index (χ2n) is 5.77. The number of ketones is 1. The van der Waals surface area contributed by atoms with E-state index in [0.717, 1.165) is 0 Å². The van der Waals surface area contributed by atoms with Crippen molar-refractivity contribution in [2.75, 3.05) is 26.2 Å². The molecule has 0 saturated carbocycles. The second kappa shape index (κ2) is 12.0. The molecule has 0 unspecified atom stereocenters. The Bertz CT molecular complexity index is 507. The number of carbonyl (C=O) groups is 5. The van der Waals surface area contributed by atoms with Crippen LogP contribution in [0.2, 0.25) is 0 Å². The summed E-state index contributed by atoms with van der Waals surface area (Å²) in [6.07, 6.45) is 0. The van der Waals surface area contributed by atoms with Crippen LogP contribution in [-0.4, -0.2) is 67.7 Å². The van der Waals surface area contributed by atoms with Crippen molar-refractivity contribution < 1.29 is 24.0 Å². The number of rotatable bonds is 11. The summed E-state index contributed by atoms with van der Waals surface area (Å²) in [5.41, 5.74) is 0. The van der Waals surface area contributed by atoms with Gasteiger partial charge in [-0.15, -0.1) is 0 Å². The summed E-state index contributed by atoms with van der Waals surface area (Å²) in [6.45, 7) is 5.88. The first-order valence-electron chi connectivity index (χ1n) is 7.95. The molecule has 1 atom stereocenters. The monoisotopic (exact) mass is 357 g/mol. The van der Waals surface area contributed by atoms with Gasteiger partial charge < -0.3 is 26.6 Å². The highest BCUT2D eigenvalue weighted by atomic mass is 16.2. The maximum absolute atomic E-state index is 11.5. The van der Waals surface area contributed by atoms with Crippen molar-refractivity contribution in [3.63, 3.8) is 0 Å². The molecule has 5 N–H and O–H groups in total. The average molecular weight is 357 g/mol. The quantitative estimate of drug-likeness (QED) is 0.275. The lowest BCUT2D eigenvalue weighted by Gasteiger charge is -2.11. The molecule has 0 aliphatic carbocycles. The molecule has 0 aliphatic heterocycles. The van der Waals surface area contributed by atoms with E-state index in [1.54, 1.807) is 0 Å². The van der Waals surface area contributed by atoms with E-state index in [2.05, 4.69) is 26.6 Å². The van der Waals surface area contributed by atoms with Crippen LogP contribution < -0.4 is 26.6 Å². The minimum atomic E-state index is -0.627. The van der Waals surface area contributed by atoms with Gasteiger partial charge >= 0.3 is 0 Å². The molecule has 142 valence electrons. The van der Waals surface area contributed by atoms with E-state index < -0.39 is 23.8 Å². The first-order valence-corrected chi connectivity index (χ1v) is 7.95. The van der Waals surface area contributed by atoms with Gasteiger partial charge in [-0.05, 0) is 13.8 Å². The number of hydrogen-bond acceptors (Lipinski definition) is 6. The van der Waals surface area contributed by atoms with Gasteiger partial charge in [-0.2, -0.15) is 0 Å². The first kappa shape index (κ1) is 22.5. The van der Waals surface area contributed by atoms with Crippen molar-refractivity contribution in [1.29, 1.82) is 0 Å². The highest BCUT2D eigenvalue weighted by Gasteiger charge is 2.12. The summed E-state index contributed by atoms with van der Waals surface area (Å²) in [7, 11) is 0. The smallest absolute Gasteiger partial charge is 0.239 e. The van der Waals surface area contributed by atoms with Gasteiger partial charge in [0.15, 0.2) is 5.78 Å². The SMILES string of the molecule is CC(=O)[C@H](C)NC(=O)CNC(=O)CNC(=O)CNC(=O)CNC(C)C. The molecular weight excluding hydrogens is 330 g/mol. The standard InChI is InChI=1S/C15H27N5O5/c1-9(2)16-5-12(22)17-6-13(23)18-7-14(24)19-8-15(25)20-10(3)11(4)21/h9-10,16H,5-8H2,1-4H3,(H,17,22)(H,18,23)(H,19,24)(H,20,25)/t10-/m0/s1. The van der Waals surface area contributed by atoms with E-state index in [1.807, 2.05) is 13.8 Å². The van der Waals surface area contributed by atoms with Gasteiger partial charge in [0.25, 0.3) is 0 Å². The normalized spacial score (nSPS) is 11.4. The highest BCUT2D eigenvalue weighted by Crippen LogP contribution is 1.82. The van der Waals surface area contributed by atoms with Crippen LogP contribution in [0.25, 0.3) is 0 Å². The van der Waals surface area contributed by atoms with E-state index >= 15 is 0 Å². The molecule has 0 spiro atoms. The highest BCUT2D eigenvalue weighted by molar-refractivity contribution is 5.91. The Balaban J connectivity index is 3.87. The Labute approximate surface area is 146 Å². The third kappa shape index (κ3) is 12.6. The van der Waals surface area contributed by atoms with Gasteiger partial charge in [0.2, 0.25) is 23.6 Å². The fourth-order valence-corrected chi connectivity index (χ4v) is 1.42. The van der Waals surface area contributed by atoms with Crippen LogP contribution in [0.3, 0.4) is 0 Å². The molecule has 0 aromatic heterocycles. The van der Waals surface area contributed by atoms with Crippen LogP contribution in [0.1, 0.15) is 27.7 Å². The molecule has 0 aliphatic rings. The molecule has 4 amide bonds. The summed E-state index contributed by atoms with van der Waals surface area (Å²) in [5, 5.41) is 12.3. The van der Waals surface area contributed by atoms with E-state index in [-0.39, 0.29) is 43.9 Å². The van der Waals surface area contributed by atoms with Crippen LogP contribution in [0.15, 0.2) is 0 Å². The maximum Gasteiger partial charge on any atom is 0.239 e. The van der Waals surface area contributed by atoms with E-state index in [0.29, 0.717) is 0 Å². The zero-order valence-corrected chi connectivity index (χ0v) is 15.0. The van der Waals surface area contributed by atoms with Gasteiger partial charge in [-0.1, -0.05) is 13.8 Å². The Morgan fingerprint density at radius 2 is 1.08 bits per heavy atom. The van der Waals surface area contributed by atoms with Gasteiger partial charge in [-0.3, -0.25) is 24.0 Å². The topological polar surface area (TPSA) is 146 Å². The lowest BCUT2D eigenvalue weighted by molar-refractivity contribution is -0.129. The van der Waals surface area contributed by atoms with Crippen LogP contribution in [-0.2, 0) is 24.0 Å². The Kier molecular flexibility index (Phi) is 10.8. The fourth-order valence-electron chi connectivity index (χ4n) is 1.42. The number of amides is 4. The average Bonchev–Trinajstić information content (AvgIpc) is 2.53. The van der Waals surface area contributed by atoms with Gasteiger partial charge in [0.1, 0.15) is 0 Å². The maximum atomic E-state index is 11.5. The molecule has 0 saturated heterocycles. The van der Waals surface area contributed by atoms with Crippen LogP contribution in [0.4, 0.5) is 0 Å². The molecule has 0 bridgehead atoms. The van der Waals surface area contributed by atoms with Crippen molar-refractivity contribution in [3.05, 3.63) is 0 Å². The summed E-state index contributed by atoms with van der Waals surface area (Å²) >= 11 is 0. The first-order chi connectivity index (χ1) is 11.6. The minimum Gasteiger partial charge on any atom is -0.346 e. The Hall–Kier alpha value is -2.49. The third-order valence-electron chi connectivity index (χ3n) is 3.00. The van der Waals surface area contributed by atoms with Crippen LogP contribution in [0, 0.1) is 0 Å². The largest absolute Gasteiger partial charge is 0.346 e. The zero-order valence-electron chi connectivity index (χ0n) is 15.0. The summed E-state index contributed by atoms with van der Waals surface area (Å²) in [4.78, 5) is 56.9. The lowest BCUT2D eigenvalue weighted by atomic mass is 10.2. The number of nitrogens with one attached hydrogen (secondary N) is 5. The van der Waals surface area contributed by atoms with Crippen LogP contribution in [0.5, 0.6) is 0 Å². The van der Waals surface area contributed by atoms with E-state index in [1.165, 1.54) is 13.8 Å². The molecule has 0 fully saturated rings. The molecule has 10 nitrogen and oxygen atoms in total. The molecule has 0 aromatic rings. The van der Waals surface area contributed by atoms with Crippen molar-refractivity contribution in [2.24, 2.45) is 0 Å². The molecule has 10 heteroatoms. The van der Waals surface area contributed by atoms with Crippen molar-refractivity contribution >= 4 is 29.4 Å². The van der Waals surface area contributed by atoms with E-state index in [9.17, 15) is 24.0 Å².